The lowest BCUT2D eigenvalue weighted by molar-refractivity contribution is 0.0949. The van der Waals surface area contributed by atoms with Crippen molar-refractivity contribution in [3.8, 4) is 0 Å². The monoisotopic (exact) mass is 412 g/mol. The molecule has 7 nitrogen and oxygen atoms in total. The second-order valence-electron chi connectivity index (χ2n) is 6.73. The minimum Gasteiger partial charge on any atom is -0.348 e. The number of nitrogens with one attached hydrogen (secondary N) is 2. The van der Waals surface area contributed by atoms with E-state index in [1.165, 1.54) is 13.1 Å². The Balaban J connectivity index is 1.74. The second-order valence-corrected chi connectivity index (χ2v) is 8.61. The molecule has 0 fully saturated rings. The lowest BCUT2D eigenvalue weighted by Crippen LogP contribution is -2.24. The maximum atomic E-state index is 12.8. The third-order valence-corrected chi connectivity index (χ3v) is 6.13. The third kappa shape index (κ3) is 4.72. The van der Waals surface area contributed by atoms with Crippen molar-refractivity contribution in [3.05, 3.63) is 82.7 Å². The van der Waals surface area contributed by atoms with E-state index in [9.17, 15) is 13.2 Å². The van der Waals surface area contributed by atoms with Gasteiger partial charge in [-0.05, 0) is 44.2 Å². The van der Waals surface area contributed by atoms with E-state index < -0.39 is 10.0 Å². The van der Waals surface area contributed by atoms with Gasteiger partial charge in [0, 0.05) is 12.2 Å². The number of carbonyl (C=O) groups is 1. The van der Waals surface area contributed by atoms with Crippen molar-refractivity contribution < 1.29 is 13.2 Å². The molecule has 1 aromatic heterocycles. The van der Waals surface area contributed by atoms with Gasteiger partial charge in [0.1, 0.15) is 0 Å². The second kappa shape index (κ2) is 8.59. The van der Waals surface area contributed by atoms with Crippen molar-refractivity contribution in [2.24, 2.45) is 0 Å². The normalized spacial score (nSPS) is 11.4. The summed E-state index contributed by atoms with van der Waals surface area (Å²) in [6.07, 6.45) is 0. The minimum atomic E-state index is -3.53. The largest absolute Gasteiger partial charge is 0.348 e. The van der Waals surface area contributed by atoms with Crippen molar-refractivity contribution in [1.82, 2.24) is 19.8 Å². The average molecular weight is 413 g/mol. The van der Waals surface area contributed by atoms with Crippen LogP contribution in [0, 0.1) is 13.8 Å². The summed E-state index contributed by atoms with van der Waals surface area (Å²) in [5.41, 5.74) is 3.78. The first-order chi connectivity index (χ1) is 13.8. The van der Waals surface area contributed by atoms with Crippen LogP contribution in [0.25, 0.3) is 0 Å². The Bertz CT molecular complexity index is 1120. The Labute approximate surface area is 170 Å². The van der Waals surface area contributed by atoms with Gasteiger partial charge in [0.2, 0.25) is 10.0 Å². The highest BCUT2D eigenvalue weighted by molar-refractivity contribution is 7.89. The molecule has 0 aliphatic rings. The Kier molecular flexibility index (Phi) is 6.14. The Hall–Kier alpha value is -2.97. The number of sulfonamides is 1. The van der Waals surface area contributed by atoms with Crippen molar-refractivity contribution in [1.29, 1.82) is 0 Å². The molecule has 2 aromatic carbocycles. The molecule has 0 saturated carbocycles. The molecule has 1 amide bonds. The maximum absolute atomic E-state index is 12.8. The van der Waals surface area contributed by atoms with Crippen molar-refractivity contribution in [2.45, 2.75) is 31.8 Å². The summed E-state index contributed by atoms with van der Waals surface area (Å²) < 4.78 is 28.0. The molecule has 0 radical (unpaired) electrons. The zero-order valence-electron chi connectivity index (χ0n) is 16.6. The summed E-state index contributed by atoms with van der Waals surface area (Å²) in [5, 5.41) is 7.37. The molecule has 0 aliphatic heterocycles. The van der Waals surface area contributed by atoms with E-state index in [1.54, 1.807) is 18.2 Å². The van der Waals surface area contributed by atoms with E-state index in [4.69, 9.17) is 0 Å². The van der Waals surface area contributed by atoms with Crippen LogP contribution in [0.1, 0.15) is 32.9 Å². The van der Waals surface area contributed by atoms with Crippen LogP contribution in [0.15, 0.2) is 59.5 Å². The van der Waals surface area contributed by atoms with E-state index in [2.05, 4.69) is 15.1 Å². The average Bonchev–Trinajstić information content (AvgIpc) is 3.00. The van der Waals surface area contributed by atoms with Gasteiger partial charge in [-0.25, -0.2) is 13.1 Å². The summed E-state index contributed by atoms with van der Waals surface area (Å²) in [7, 11) is -2.16. The van der Waals surface area contributed by atoms with Gasteiger partial charge in [0.15, 0.2) is 0 Å². The van der Waals surface area contributed by atoms with Gasteiger partial charge in [-0.2, -0.15) is 5.10 Å². The maximum Gasteiger partial charge on any atom is 0.255 e. The van der Waals surface area contributed by atoms with Gasteiger partial charge in [-0.1, -0.05) is 42.5 Å². The number of benzene rings is 2. The molecule has 0 aliphatic carbocycles. The molecule has 0 unspecified atom stereocenters. The van der Waals surface area contributed by atoms with Crippen LogP contribution in [0.4, 0.5) is 0 Å². The summed E-state index contributed by atoms with van der Waals surface area (Å²) >= 11 is 0. The van der Waals surface area contributed by atoms with Crippen LogP contribution in [-0.4, -0.2) is 31.2 Å². The lowest BCUT2D eigenvalue weighted by Gasteiger charge is -2.09. The van der Waals surface area contributed by atoms with E-state index in [0.29, 0.717) is 23.4 Å². The molecule has 1 heterocycles. The highest BCUT2D eigenvalue weighted by Crippen LogP contribution is 2.16. The molecule has 0 bridgehead atoms. The summed E-state index contributed by atoms with van der Waals surface area (Å²) in [6.45, 7) is 4.49. The first-order valence-corrected chi connectivity index (χ1v) is 10.7. The molecule has 152 valence electrons. The van der Waals surface area contributed by atoms with Gasteiger partial charge in [0.05, 0.1) is 22.7 Å². The van der Waals surface area contributed by atoms with Gasteiger partial charge in [0.25, 0.3) is 5.91 Å². The quantitative estimate of drug-likeness (QED) is 0.623. The molecule has 0 saturated heterocycles. The topological polar surface area (TPSA) is 93.1 Å². The molecule has 2 N–H and O–H groups in total. The van der Waals surface area contributed by atoms with E-state index in [0.717, 1.165) is 11.3 Å². The number of nitrogens with zero attached hydrogens (tertiary/aromatic N) is 2. The zero-order valence-corrected chi connectivity index (χ0v) is 17.5. The van der Waals surface area contributed by atoms with Crippen molar-refractivity contribution in [2.75, 3.05) is 7.05 Å². The van der Waals surface area contributed by atoms with Gasteiger partial charge in [-0.15, -0.1) is 0 Å². The third-order valence-electron chi connectivity index (χ3n) is 4.71. The van der Waals surface area contributed by atoms with Crippen LogP contribution >= 0.6 is 0 Å². The summed E-state index contributed by atoms with van der Waals surface area (Å²) in [6, 6.07) is 16.4. The van der Waals surface area contributed by atoms with Crippen LogP contribution in [0.5, 0.6) is 0 Å². The van der Waals surface area contributed by atoms with Crippen molar-refractivity contribution in [3.63, 3.8) is 0 Å². The molecular weight excluding hydrogens is 388 g/mol. The number of carbonyl (C=O) groups excluding carboxylic acids is 1. The molecule has 3 aromatic rings. The Morgan fingerprint density at radius 3 is 2.41 bits per heavy atom. The highest BCUT2D eigenvalue weighted by Gasteiger charge is 2.19. The molecule has 0 atom stereocenters. The summed E-state index contributed by atoms with van der Waals surface area (Å²) in [5.74, 6) is -0.235. The van der Waals surface area contributed by atoms with E-state index in [1.807, 2.05) is 48.9 Å². The Morgan fingerprint density at radius 1 is 1.03 bits per heavy atom. The predicted molar refractivity (Wildman–Crippen MR) is 111 cm³/mol. The van der Waals surface area contributed by atoms with E-state index in [-0.39, 0.29) is 17.3 Å². The minimum absolute atomic E-state index is 0.162. The van der Waals surface area contributed by atoms with Gasteiger partial charge in [-0.3, -0.25) is 9.48 Å². The molecular formula is C21H24N4O3S. The number of aryl methyl sites for hydroxylation is 1. The number of rotatable bonds is 7. The number of hydrogen-bond donors (Lipinski definition) is 2. The summed E-state index contributed by atoms with van der Waals surface area (Å²) in [4.78, 5) is 12.9. The fraction of sp³-hybridized carbons (Fsp3) is 0.238. The standard InChI is InChI=1S/C21H24N4O3S/c1-15-20(16(2)25(24-15)14-17-8-5-4-6-9-17)21(26)23-13-18-10-7-11-19(12-18)29(27,28)22-3/h4-12,22H,13-14H2,1-3H3,(H,23,26). The van der Waals surface area contributed by atoms with Crippen molar-refractivity contribution >= 4 is 15.9 Å². The van der Waals surface area contributed by atoms with Crippen LogP contribution in [0.3, 0.4) is 0 Å². The fourth-order valence-corrected chi connectivity index (χ4v) is 3.95. The predicted octanol–water partition coefficient (Wildman–Crippen LogP) is 2.39. The molecule has 29 heavy (non-hydrogen) atoms. The highest BCUT2D eigenvalue weighted by atomic mass is 32.2. The van der Waals surface area contributed by atoms with Crippen LogP contribution < -0.4 is 10.0 Å². The number of aromatic nitrogens is 2. The SMILES string of the molecule is CNS(=O)(=O)c1cccc(CNC(=O)c2c(C)nn(Cc3ccccc3)c2C)c1. The van der Waals surface area contributed by atoms with Crippen LogP contribution in [0.2, 0.25) is 0 Å². The van der Waals surface area contributed by atoms with Crippen LogP contribution in [-0.2, 0) is 23.1 Å². The first-order valence-electron chi connectivity index (χ1n) is 9.20. The van der Waals surface area contributed by atoms with E-state index >= 15 is 0 Å². The Morgan fingerprint density at radius 2 is 1.72 bits per heavy atom. The fourth-order valence-electron chi connectivity index (χ4n) is 3.15. The first kappa shape index (κ1) is 20.8. The zero-order chi connectivity index (χ0) is 21.0. The molecule has 0 spiro atoms. The number of hydrogen-bond acceptors (Lipinski definition) is 4. The smallest absolute Gasteiger partial charge is 0.255 e. The van der Waals surface area contributed by atoms with Gasteiger partial charge < -0.3 is 5.32 Å². The number of amides is 1. The molecule has 3 rings (SSSR count). The lowest BCUT2D eigenvalue weighted by atomic mass is 10.1. The van der Waals surface area contributed by atoms with Gasteiger partial charge >= 0.3 is 0 Å². The molecule has 8 heteroatoms.